The third-order valence-electron chi connectivity index (χ3n) is 7.13. The highest BCUT2D eigenvalue weighted by molar-refractivity contribution is 6.30. The third kappa shape index (κ3) is 5.53. The average molecular weight is 528 g/mol. The average Bonchev–Trinajstić information content (AvgIpc) is 2.91. The van der Waals surface area contributed by atoms with Gasteiger partial charge in [-0.3, -0.25) is 4.79 Å². The standard InChI is InChI=1S/C32H30ClNO4/c1-20-8-10-23(11-9-20)30-29(32(36)38-17-16-37-26-6-4-3-5-7-26)21(2)34-27-18-24(19-28(35)31(27)30)22-12-14-25(33)15-13-22/h3-15,24,30,34H,16-19H2,1-2H3. The minimum absolute atomic E-state index is 0.0366. The number of rotatable bonds is 7. The lowest BCUT2D eigenvalue weighted by atomic mass is 9.71. The summed E-state index contributed by atoms with van der Waals surface area (Å²) in [5, 5.41) is 4.07. The fourth-order valence-electron chi connectivity index (χ4n) is 5.26. The molecule has 1 aliphatic carbocycles. The van der Waals surface area contributed by atoms with E-state index in [1.165, 1.54) is 0 Å². The van der Waals surface area contributed by atoms with Gasteiger partial charge < -0.3 is 14.8 Å². The molecule has 0 bridgehead atoms. The van der Waals surface area contributed by atoms with Crippen molar-refractivity contribution in [1.82, 2.24) is 5.32 Å². The predicted molar refractivity (Wildman–Crippen MR) is 148 cm³/mol. The van der Waals surface area contributed by atoms with E-state index in [1.807, 2.05) is 92.7 Å². The SMILES string of the molecule is CC1=C(C(=O)OCCOc2ccccc2)C(c2ccc(C)cc2)C2=C(CC(c3ccc(Cl)cc3)CC2=O)N1. The van der Waals surface area contributed by atoms with Crippen molar-refractivity contribution in [2.75, 3.05) is 13.2 Å². The van der Waals surface area contributed by atoms with Gasteiger partial charge in [0.1, 0.15) is 19.0 Å². The van der Waals surface area contributed by atoms with Gasteiger partial charge >= 0.3 is 5.97 Å². The zero-order valence-corrected chi connectivity index (χ0v) is 22.3. The molecular weight excluding hydrogens is 498 g/mol. The number of carbonyl (C=O) groups excluding carboxylic acids is 2. The number of benzene rings is 3. The number of esters is 1. The number of nitrogens with one attached hydrogen (secondary N) is 1. The Labute approximate surface area is 228 Å². The summed E-state index contributed by atoms with van der Waals surface area (Å²) in [4.78, 5) is 27.2. The molecule has 38 heavy (non-hydrogen) atoms. The van der Waals surface area contributed by atoms with Crippen LogP contribution in [0.15, 0.2) is 101 Å². The summed E-state index contributed by atoms with van der Waals surface area (Å²) in [6, 6.07) is 25.1. The predicted octanol–water partition coefficient (Wildman–Crippen LogP) is 6.63. The van der Waals surface area contributed by atoms with Crippen molar-refractivity contribution in [2.24, 2.45) is 0 Å². The van der Waals surface area contributed by atoms with Crippen LogP contribution in [-0.4, -0.2) is 25.0 Å². The van der Waals surface area contributed by atoms with Gasteiger partial charge in [-0.1, -0.05) is 71.8 Å². The number of allylic oxidation sites excluding steroid dienone is 3. The number of ketones is 1. The minimum atomic E-state index is -0.493. The van der Waals surface area contributed by atoms with E-state index in [0.29, 0.717) is 40.5 Å². The maximum atomic E-state index is 13.7. The molecule has 3 aromatic rings. The van der Waals surface area contributed by atoms with Gasteiger partial charge in [0.25, 0.3) is 0 Å². The van der Waals surface area contributed by atoms with Crippen molar-refractivity contribution in [3.63, 3.8) is 0 Å². The zero-order chi connectivity index (χ0) is 26.6. The first-order chi connectivity index (χ1) is 18.4. The molecule has 6 heteroatoms. The Morgan fingerprint density at radius 2 is 1.58 bits per heavy atom. The lowest BCUT2D eigenvalue weighted by molar-refractivity contribution is -0.140. The summed E-state index contributed by atoms with van der Waals surface area (Å²) in [6.07, 6.45) is 1.05. The second-order valence-electron chi connectivity index (χ2n) is 9.78. The highest BCUT2D eigenvalue weighted by Gasteiger charge is 2.41. The Kier molecular flexibility index (Phi) is 7.66. The second kappa shape index (κ2) is 11.3. The number of halogens is 1. The Morgan fingerprint density at radius 3 is 2.29 bits per heavy atom. The summed E-state index contributed by atoms with van der Waals surface area (Å²) >= 11 is 6.08. The number of Topliss-reactive ketones (excluding diaryl/α,β-unsaturated/α-hetero) is 1. The molecule has 0 amide bonds. The van der Waals surface area contributed by atoms with Crippen molar-refractivity contribution in [3.05, 3.63) is 123 Å². The lowest BCUT2D eigenvalue weighted by Crippen LogP contribution is -2.36. The molecule has 0 radical (unpaired) electrons. The summed E-state index contributed by atoms with van der Waals surface area (Å²) in [5.41, 5.74) is 5.77. The van der Waals surface area contributed by atoms with E-state index in [4.69, 9.17) is 21.1 Å². The summed E-state index contributed by atoms with van der Waals surface area (Å²) in [6.45, 7) is 4.23. The van der Waals surface area contributed by atoms with Gasteiger partial charge in [0.05, 0.1) is 5.57 Å². The highest BCUT2D eigenvalue weighted by atomic mass is 35.5. The van der Waals surface area contributed by atoms with Gasteiger partial charge in [-0.2, -0.15) is 0 Å². The Balaban J connectivity index is 1.41. The molecule has 5 rings (SSSR count). The maximum absolute atomic E-state index is 13.7. The Hall–Kier alpha value is -3.83. The van der Waals surface area contributed by atoms with Gasteiger partial charge in [-0.05, 0) is 61.6 Å². The summed E-state index contributed by atoms with van der Waals surface area (Å²) < 4.78 is 11.3. The fourth-order valence-corrected chi connectivity index (χ4v) is 5.39. The molecule has 0 saturated heterocycles. The molecule has 1 heterocycles. The van der Waals surface area contributed by atoms with Crippen molar-refractivity contribution in [1.29, 1.82) is 0 Å². The second-order valence-corrected chi connectivity index (χ2v) is 10.2. The summed E-state index contributed by atoms with van der Waals surface area (Å²) in [7, 11) is 0. The van der Waals surface area contributed by atoms with Crippen LogP contribution in [0.2, 0.25) is 5.02 Å². The molecule has 2 atom stereocenters. The normalized spacial score (nSPS) is 19.1. The lowest BCUT2D eigenvalue weighted by Gasteiger charge is -2.36. The van der Waals surface area contributed by atoms with Crippen LogP contribution in [-0.2, 0) is 14.3 Å². The van der Waals surface area contributed by atoms with Gasteiger partial charge in [0, 0.05) is 34.3 Å². The number of para-hydroxylation sites is 1. The highest BCUT2D eigenvalue weighted by Crippen LogP contribution is 2.45. The largest absolute Gasteiger partial charge is 0.490 e. The first kappa shape index (κ1) is 25.8. The molecule has 0 fully saturated rings. The van der Waals surface area contributed by atoms with Gasteiger partial charge in [-0.15, -0.1) is 0 Å². The summed E-state index contributed by atoms with van der Waals surface area (Å²) in [5.74, 6) is -0.145. The molecular formula is C32H30ClNO4. The number of dihydropyridines is 1. The van der Waals surface area contributed by atoms with E-state index in [0.717, 1.165) is 22.4 Å². The van der Waals surface area contributed by atoms with E-state index in [9.17, 15) is 9.59 Å². The molecule has 1 N–H and O–H groups in total. The van der Waals surface area contributed by atoms with Crippen LogP contribution in [0.1, 0.15) is 48.3 Å². The molecule has 194 valence electrons. The van der Waals surface area contributed by atoms with Crippen LogP contribution in [0.4, 0.5) is 0 Å². The van der Waals surface area contributed by atoms with Crippen molar-refractivity contribution < 1.29 is 19.1 Å². The number of hydrogen-bond acceptors (Lipinski definition) is 5. The van der Waals surface area contributed by atoms with E-state index in [1.54, 1.807) is 0 Å². The molecule has 0 spiro atoms. The van der Waals surface area contributed by atoms with Gasteiger partial charge in [-0.25, -0.2) is 4.79 Å². The number of ether oxygens (including phenoxy) is 2. The van der Waals surface area contributed by atoms with Crippen molar-refractivity contribution in [3.8, 4) is 5.75 Å². The van der Waals surface area contributed by atoms with E-state index in [2.05, 4.69) is 5.32 Å². The number of hydrogen-bond donors (Lipinski definition) is 1. The smallest absolute Gasteiger partial charge is 0.336 e. The first-order valence-electron chi connectivity index (χ1n) is 12.8. The van der Waals surface area contributed by atoms with Crippen LogP contribution in [0.3, 0.4) is 0 Å². The molecule has 2 unspecified atom stereocenters. The maximum Gasteiger partial charge on any atom is 0.336 e. The minimum Gasteiger partial charge on any atom is -0.490 e. The molecule has 0 aromatic heterocycles. The number of carbonyl (C=O) groups is 2. The molecule has 0 saturated carbocycles. The van der Waals surface area contributed by atoms with Crippen molar-refractivity contribution in [2.45, 2.75) is 38.5 Å². The topological polar surface area (TPSA) is 64.6 Å². The van der Waals surface area contributed by atoms with Crippen LogP contribution >= 0.6 is 11.6 Å². The first-order valence-corrected chi connectivity index (χ1v) is 13.2. The monoisotopic (exact) mass is 527 g/mol. The Morgan fingerprint density at radius 1 is 0.895 bits per heavy atom. The molecule has 1 aliphatic heterocycles. The van der Waals surface area contributed by atoms with Gasteiger partial charge in [0.15, 0.2) is 5.78 Å². The van der Waals surface area contributed by atoms with E-state index >= 15 is 0 Å². The van der Waals surface area contributed by atoms with Crippen molar-refractivity contribution >= 4 is 23.4 Å². The van der Waals surface area contributed by atoms with Gasteiger partial charge in [0.2, 0.25) is 0 Å². The van der Waals surface area contributed by atoms with Crippen LogP contribution in [0.25, 0.3) is 0 Å². The zero-order valence-electron chi connectivity index (χ0n) is 21.5. The third-order valence-corrected chi connectivity index (χ3v) is 7.38. The van der Waals surface area contributed by atoms with E-state index < -0.39 is 11.9 Å². The quantitative estimate of drug-likeness (QED) is 0.276. The molecule has 2 aliphatic rings. The Bertz CT molecular complexity index is 1390. The van der Waals surface area contributed by atoms with Crippen LogP contribution in [0.5, 0.6) is 5.75 Å². The fraction of sp³-hybridized carbons (Fsp3) is 0.250. The van der Waals surface area contributed by atoms with Crippen LogP contribution < -0.4 is 10.1 Å². The molecule has 5 nitrogen and oxygen atoms in total. The van der Waals surface area contributed by atoms with Crippen LogP contribution in [0, 0.1) is 6.92 Å². The number of aryl methyl sites for hydroxylation is 1. The molecule has 3 aromatic carbocycles. The van der Waals surface area contributed by atoms with E-state index in [-0.39, 0.29) is 24.9 Å².